The third kappa shape index (κ3) is 3.27. The van der Waals surface area contributed by atoms with Gasteiger partial charge in [0.05, 0.1) is 6.61 Å². The predicted molar refractivity (Wildman–Crippen MR) is 66.3 cm³/mol. The van der Waals surface area contributed by atoms with Gasteiger partial charge < -0.3 is 10.1 Å². The van der Waals surface area contributed by atoms with Crippen LogP contribution in [0.1, 0.15) is 31.4 Å². The van der Waals surface area contributed by atoms with E-state index in [1.54, 1.807) is 6.92 Å². The highest BCUT2D eigenvalue weighted by molar-refractivity contribution is 5.22. The number of hydrogen-bond donors (Lipinski definition) is 1. The molecule has 0 spiro atoms. The van der Waals surface area contributed by atoms with Gasteiger partial charge in [-0.2, -0.15) is 0 Å². The molecule has 18 heavy (non-hydrogen) atoms. The molecular weight excluding hydrogens is 236 g/mol. The molecule has 2 nitrogen and oxygen atoms in total. The second-order valence-corrected chi connectivity index (χ2v) is 4.85. The molecule has 0 amide bonds. The van der Waals surface area contributed by atoms with Crippen molar-refractivity contribution in [2.75, 3.05) is 19.8 Å². The van der Waals surface area contributed by atoms with E-state index in [2.05, 4.69) is 5.32 Å². The molecule has 1 N–H and O–H groups in total. The Hall–Kier alpha value is -1.00. The maximum Gasteiger partial charge on any atom is 0.130 e. The average molecular weight is 255 g/mol. The minimum atomic E-state index is -0.491. The van der Waals surface area contributed by atoms with E-state index < -0.39 is 11.6 Å². The van der Waals surface area contributed by atoms with Crippen LogP contribution in [0.5, 0.6) is 0 Å². The summed E-state index contributed by atoms with van der Waals surface area (Å²) in [6.07, 6.45) is 2.17. The Morgan fingerprint density at radius 3 is 2.72 bits per heavy atom. The molecule has 1 aliphatic rings. The summed E-state index contributed by atoms with van der Waals surface area (Å²) in [5.41, 5.74) is 0.120. The SMILES string of the molecule is CC(NCC1CCCOC1)c1c(F)cccc1F. The van der Waals surface area contributed by atoms with Crippen LogP contribution >= 0.6 is 0 Å². The Kier molecular flexibility index (Phi) is 4.66. The van der Waals surface area contributed by atoms with Gasteiger partial charge in [0.25, 0.3) is 0 Å². The summed E-state index contributed by atoms with van der Waals surface area (Å²) in [4.78, 5) is 0. The largest absolute Gasteiger partial charge is 0.381 e. The van der Waals surface area contributed by atoms with Gasteiger partial charge in [0.15, 0.2) is 0 Å². The second-order valence-electron chi connectivity index (χ2n) is 4.85. The standard InChI is InChI=1S/C14H19F2NO/c1-10(14-12(15)5-2-6-13(14)16)17-8-11-4-3-7-18-9-11/h2,5-6,10-11,17H,3-4,7-9H2,1H3. The van der Waals surface area contributed by atoms with Gasteiger partial charge in [-0.25, -0.2) is 8.78 Å². The van der Waals surface area contributed by atoms with Gasteiger partial charge >= 0.3 is 0 Å². The van der Waals surface area contributed by atoms with E-state index in [1.807, 2.05) is 0 Å². The molecule has 4 heteroatoms. The van der Waals surface area contributed by atoms with Gasteiger partial charge in [0, 0.05) is 24.8 Å². The monoisotopic (exact) mass is 255 g/mol. The summed E-state index contributed by atoms with van der Waals surface area (Å²) in [5.74, 6) is -0.541. The summed E-state index contributed by atoms with van der Waals surface area (Å²) < 4.78 is 32.5. The van der Waals surface area contributed by atoms with E-state index in [9.17, 15) is 8.78 Å². The van der Waals surface area contributed by atoms with Crippen LogP contribution in [-0.4, -0.2) is 19.8 Å². The molecule has 0 bridgehead atoms. The quantitative estimate of drug-likeness (QED) is 0.893. The molecule has 1 aromatic carbocycles. The molecule has 1 heterocycles. The van der Waals surface area contributed by atoms with Crippen molar-refractivity contribution in [1.82, 2.24) is 5.32 Å². The number of halogens is 2. The molecule has 1 aromatic rings. The molecule has 2 unspecified atom stereocenters. The van der Waals surface area contributed by atoms with Crippen LogP contribution in [0.2, 0.25) is 0 Å². The molecule has 0 aliphatic carbocycles. The first-order valence-corrected chi connectivity index (χ1v) is 6.43. The Morgan fingerprint density at radius 2 is 2.11 bits per heavy atom. The smallest absolute Gasteiger partial charge is 0.130 e. The number of nitrogens with one attached hydrogen (secondary N) is 1. The van der Waals surface area contributed by atoms with Gasteiger partial charge in [-0.1, -0.05) is 6.07 Å². The third-order valence-corrected chi connectivity index (χ3v) is 3.40. The van der Waals surface area contributed by atoms with Crippen LogP contribution in [-0.2, 0) is 4.74 Å². The van der Waals surface area contributed by atoms with Crippen molar-refractivity contribution in [3.05, 3.63) is 35.4 Å². The van der Waals surface area contributed by atoms with Crippen molar-refractivity contribution >= 4 is 0 Å². The van der Waals surface area contributed by atoms with Crippen molar-refractivity contribution in [3.63, 3.8) is 0 Å². The Bertz CT molecular complexity index is 371. The molecule has 2 rings (SSSR count). The highest BCUT2D eigenvalue weighted by Gasteiger charge is 2.18. The summed E-state index contributed by atoms with van der Waals surface area (Å²) >= 11 is 0. The second kappa shape index (κ2) is 6.25. The maximum absolute atomic E-state index is 13.6. The average Bonchev–Trinajstić information content (AvgIpc) is 2.37. The first-order valence-electron chi connectivity index (χ1n) is 6.43. The fraction of sp³-hybridized carbons (Fsp3) is 0.571. The van der Waals surface area contributed by atoms with Crippen LogP contribution in [0.25, 0.3) is 0 Å². The highest BCUT2D eigenvalue weighted by Crippen LogP contribution is 2.21. The fourth-order valence-corrected chi connectivity index (χ4v) is 2.34. The normalized spacial score (nSPS) is 21.8. The third-order valence-electron chi connectivity index (χ3n) is 3.40. The van der Waals surface area contributed by atoms with Gasteiger partial charge in [0.2, 0.25) is 0 Å². The predicted octanol–water partition coefficient (Wildman–Crippen LogP) is 3.04. The molecule has 0 aromatic heterocycles. The maximum atomic E-state index is 13.6. The van der Waals surface area contributed by atoms with Crippen LogP contribution in [0, 0.1) is 17.6 Å². The van der Waals surface area contributed by atoms with E-state index in [1.165, 1.54) is 18.2 Å². The van der Waals surface area contributed by atoms with Gasteiger partial charge in [-0.3, -0.25) is 0 Å². The topological polar surface area (TPSA) is 21.3 Å². The fourth-order valence-electron chi connectivity index (χ4n) is 2.34. The molecule has 100 valence electrons. The first-order chi connectivity index (χ1) is 8.68. The Morgan fingerprint density at radius 1 is 1.39 bits per heavy atom. The van der Waals surface area contributed by atoms with Gasteiger partial charge in [0.1, 0.15) is 11.6 Å². The van der Waals surface area contributed by atoms with Crippen LogP contribution in [0.15, 0.2) is 18.2 Å². The molecule has 1 fully saturated rings. The Labute approximate surface area is 106 Å². The lowest BCUT2D eigenvalue weighted by Gasteiger charge is -2.24. The molecule has 0 saturated carbocycles. The van der Waals surface area contributed by atoms with Crippen molar-refractivity contribution in [3.8, 4) is 0 Å². The highest BCUT2D eigenvalue weighted by atomic mass is 19.1. The summed E-state index contributed by atoms with van der Waals surface area (Å²) in [6.45, 7) is 4.08. The first kappa shape index (κ1) is 13.4. The molecule has 1 saturated heterocycles. The summed E-state index contributed by atoms with van der Waals surface area (Å²) in [5, 5.41) is 3.19. The number of rotatable bonds is 4. The number of hydrogen-bond acceptors (Lipinski definition) is 2. The summed E-state index contributed by atoms with van der Waals surface area (Å²) in [7, 11) is 0. The van der Waals surface area contributed by atoms with Crippen molar-refractivity contribution in [2.45, 2.75) is 25.8 Å². The lowest BCUT2D eigenvalue weighted by molar-refractivity contribution is 0.0539. The minimum absolute atomic E-state index is 0.120. The lowest BCUT2D eigenvalue weighted by atomic mass is 10.0. The van der Waals surface area contributed by atoms with E-state index >= 15 is 0 Å². The zero-order valence-corrected chi connectivity index (χ0v) is 10.6. The lowest BCUT2D eigenvalue weighted by Crippen LogP contribution is -2.31. The molecule has 1 aliphatic heterocycles. The zero-order valence-electron chi connectivity index (χ0n) is 10.6. The van der Waals surface area contributed by atoms with Crippen molar-refractivity contribution in [1.29, 1.82) is 0 Å². The van der Waals surface area contributed by atoms with Gasteiger partial charge in [-0.05, 0) is 37.8 Å². The zero-order chi connectivity index (χ0) is 13.0. The van der Waals surface area contributed by atoms with E-state index in [4.69, 9.17) is 4.74 Å². The van der Waals surface area contributed by atoms with Crippen LogP contribution in [0.3, 0.4) is 0 Å². The van der Waals surface area contributed by atoms with Crippen LogP contribution < -0.4 is 5.32 Å². The number of ether oxygens (including phenoxy) is 1. The molecular formula is C14H19F2NO. The van der Waals surface area contributed by atoms with E-state index in [0.717, 1.165) is 32.6 Å². The van der Waals surface area contributed by atoms with Crippen molar-refractivity contribution in [2.24, 2.45) is 5.92 Å². The molecule has 0 radical (unpaired) electrons. The van der Waals surface area contributed by atoms with Gasteiger partial charge in [-0.15, -0.1) is 0 Å². The Balaban J connectivity index is 1.92. The van der Waals surface area contributed by atoms with E-state index in [-0.39, 0.29) is 11.6 Å². The van der Waals surface area contributed by atoms with Crippen molar-refractivity contribution < 1.29 is 13.5 Å². The van der Waals surface area contributed by atoms with Crippen LogP contribution in [0.4, 0.5) is 8.78 Å². The molecule has 2 atom stereocenters. The number of benzene rings is 1. The van der Waals surface area contributed by atoms with E-state index in [0.29, 0.717) is 5.92 Å². The summed E-state index contributed by atoms with van der Waals surface area (Å²) in [6, 6.07) is 3.64. The minimum Gasteiger partial charge on any atom is -0.381 e.